The molecule has 2 N–H and O–H groups in total. The van der Waals surface area contributed by atoms with Gasteiger partial charge in [0.25, 0.3) is 15.9 Å². The summed E-state index contributed by atoms with van der Waals surface area (Å²) in [7, 11) is -3.97. The number of alkyl halides is 3. The number of halogens is 3. The number of carbonyl (C=O) groups is 1. The quantitative estimate of drug-likeness (QED) is 0.483. The molecule has 0 aliphatic rings. The minimum atomic E-state index is -4.49. The second kappa shape index (κ2) is 9.53. The molecule has 6 nitrogen and oxygen atoms in total. The zero-order chi connectivity index (χ0) is 24.2. The monoisotopic (exact) mass is 478 g/mol. The van der Waals surface area contributed by atoms with E-state index in [0.29, 0.717) is 11.3 Å². The Morgan fingerprint density at radius 1 is 0.939 bits per heavy atom. The molecule has 0 aliphatic carbocycles. The summed E-state index contributed by atoms with van der Waals surface area (Å²) in [5.74, 6) is -0.686. The van der Waals surface area contributed by atoms with Crippen LogP contribution in [0.25, 0.3) is 0 Å². The zero-order valence-corrected chi connectivity index (χ0v) is 18.5. The van der Waals surface area contributed by atoms with E-state index in [4.69, 9.17) is 0 Å². The second-order valence-electron chi connectivity index (χ2n) is 7.28. The van der Waals surface area contributed by atoms with Crippen molar-refractivity contribution in [1.29, 1.82) is 0 Å². The molecule has 3 rings (SSSR count). The van der Waals surface area contributed by atoms with E-state index in [2.05, 4.69) is 14.8 Å². The Bertz CT molecular complexity index is 1270. The van der Waals surface area contributed by atoms with Gasteiger partial charge in [-0.1, -0.05) is 30.3 Å². The molecule has 0 spiro atoms. The number of hydrogen-bond acceptors (Lipinski definition) is 4. The number of carbonyl (C=O) groups excluding carboxylic acids is 1. The molecule has 174 valence electrons. The summed E-state index contributed by atoms with van der Waals surface area (Å²) in [6.07, 6.45) is -4.49. The van der Waals surface area contributed by atoms with Crippen LogP contribution >= 0.6 is 0 Å². The Labute approximate surface area is 189 Å². The molecule has 3 aromatic rings. The van der Waals surface area contributed by atoms with E-state index >= 15 is 0 Å². The van der Waals surface area contributed by atoms with Crippen LogP contribution in [-0.4, -0.2) is 27.1 Å². The molecular formula is C23H21F3N2O4S. The number of para-hydroxylation sites is 1. The number of sulfonamides is 1. The fourth-order valence-corrected chi connectivity index (χ4v) is 4.09. The molecule has 0 fully saturated rings. The minimum Gasteiger partial charge on any atom is -0.484 e. The summed E-state index contributed by atoms with van der Waals surface area (Å²) in [5.41, 5.74) is 1.97. The number of aryl methyl sites for hydroxylation is 2. The Hall–Kier alpha value is -3.53. The molecule has 0 aliphatic heterocycles. The molecule has 0 saturated heterocycles. The van der Waals surface area contributed by atoms with E-state index in [1.807, 2.05) is 0 Å². The van der Waals surface area contributed by atoms with Crippen molar-refractivity contribution in [3.8, 4) is 5.75 Å². The highest BCUT2D eigenvalue weighted by atomic mass is 32.2. The SMILES string of the molecule is Cc1ccccc1NS(=O)(=O)c1ccc(C)c(C(=O)Nc2cccc(OCC(F)(F)F)c2)c1. The van der Waals surface area contributed by atoms with Crippen LogP contribution < -0.4 is 14.8 Å². The number of ether oxygens (including phenoxy) is 1. The largest absolute Gasteiger partial charge is 0.484 e. The number of rotatable bonds is 7. The van der Waals surface area contributed by atoms with Crippen LogP contribution in [0.4, 0.5) is 24.5 Å². The van der Waals surface area contributed by atoms with Gasteiger partial charge in [-0.05, 0) is 55.3 Å². The summed E-state index contributed by atoms with van der Waals surface area (Å²) in [6, 6.07) is 16.5. The Morgan fingerprint density at radius 2 is 1.67 bits per heavy atom. The summed E-state index contributed by atoms with van der Waals surface area (Å²) in [4.78, 5) is 12.7. The van der Waals surface area contributed by atoms with E-state index < -0.39 is 28.7 Å². The van der Waals surface area contributed by atoms with Gasteiger partial charge in [0.05, 0.1) is 10.6 Å². The van der Waals surface area contributed by atoms with Crippen molar-refractivity contribution in [1.82, 2.24) is 0 Å². The van der Waals surface area contributed by atoms with Gasteiger partial charge in [0.2, 0.25) is 0 Å². The number of hydrogen-bond donors (Lipinski definition) is 2. The molecule has 0 heterocycles. The highest BCUT2D eigenvalue weighted by Crippen LogP contribution is 2.24. The first-order valence-electron chi connectivity index (χ1n) is 9.75. The Balaban J connectivity index is 1.81. The van der Waals surface area contributed by atoms with Gasteiger partial charge >= 0.3 is 6.18 Å². The first kappa shape index (κ1) is 24.1. The average molecular weight is 478 g/mol. The molecular weight excluding hydrogens is 457 g/mol. The van der Waals surface area contributed by atoms with Crippen LogP contribution in [0.5, 0.6) is 5.75 Å². The van der Waals surface area contributed by atoms with Gasteiger partial charge in [-0.25, -0.2) is 8.42 Å². The van der Waals surface area contributed by atoms with Crippen molar-refractivity contribution < 1.29 is 31.1 Å². The summed E-state index contributed by atoms with van der Waals surface area (Å²) < 4.78 is 70.0. The second-order valence-corrected chi connectivity index (χ2v) is 8.97. The van der Waals surface area contributed by atoms with Crippen molar-refractivity contribution in [3.05, 3.63) is 83.4 Å². The third kappa shape index (κ3) is 6.48. The van der Waals surface area contributed by atoms with Crippen LogP contribution in [0.15, 0.2) is 71.6 Å². The molecule has 33 heavy (non-hydrogen) atoms. The maximum absolute atomic E-state index is 12.8. The van der Waals surface area contributed by atoms with Crippen LogP contribution in [0.3, 0.4) is 0 Å². The van der Waals surface area contributed by atoms with Gasteiger partial charge in [0.15, 0.2) is 6.61 Å². The first-order chi connectivity index (χ1) is 15.4. The molecule has 0 saturated carbocycles. The van der Waals surface area contributed by atoms with E-state index in [-0.39, 0.29) is 21.9 Å². The molecule has 0 atom stereocenters. The third-order valence-corrected chi connectivity index (χ3v) is 6.01. The first-order valence-corrected chi connectivity index (χ1v) is 11.2. The lowest BCUT2D eigenvalue weighted by Crippen LogP contribution is -2.19. The van der Waals surface area contributed by atoms with Gasteiger partial charge in [0.1, 0.15) is 5.75 Å². The predicted octanol–water partition coefficient (Wildman–Crippen LogP) is 5.30. The Kier molecular flexibility index (Phi) is 6.97. The molecule has 0 radical (unpaired) electrons. The molecule has 0 bridgehead atoms. The average Bonchev–Trinajstić information content (AvgIpc) is 2.74. The lowest BCUT2D eigenvalue weighted by Gasteiger charge is -2.14. The standard InChI is InChI=1S/C23H21F3N2O4S/c1-15-10-11-19(33(30,31)28-21-9-4-3-6-16(21)2)13-20(15)22(29)27-17-7-5-8-18(12-17)32-14-23(24,25)26/h3-13,28H,14H2,1-2H3,(H,27,29). The number of anilines is 2. The summed E-state index contributed by atoms with van der Waals surface area (Å²) in [5, 5.41) is 2.56. The summed E-state index contributed by atoms with van der Waals surface area (Å²) >= 11 is 0. The lowest BCUT2D eigenvalue weighted by molar-refractivity contribution is -0.153. The van der Waals surface area contributed by atoms with Gasteiger partial charge in [-0.2, -0.15) is 13.2 Å². The molecule has 0 unspecified atom stereocenters. The maximum atomic E-state index is 12.8. The van der Waals surface area contributed by atoms with Crippen molar-refractivity contribution in [2.45, 2.75) is 24.9 Å². The topological polar surface area (TPSA) is 84.5 Å². The molecule has 1 amide bonds. The van der Waals surface area contributed by atoms with Crippen LogP contribution in [0.2, 0.25) is 0 Å². The van der Waals surface area contributed by atoms with Crippen molar-refractivity contribution in [2.75, 3.05) is 16.6 Å². The summed E-state index contributed by atoms with van der Waals surface area (Å²) in [6.45, 7) is 1.94. The van der Waals surface area contributed by atoms with Crippen LogP contribution in [0.1, 0.15) is 21.5 Å². The van der Waals surface area contributed by atoms with Crippen molar-refractivity contribution in [2.24, 2.45) is 0 Å². The van der Waals surface area contributed by atoms with Gasteiger partial charge < -0.3 is 10.1 Å². The van der Waals surface area contributed by atoms with E-state index in [1.54, 1.807) is 38.1 Å². The third-order valence-electron chi connectivity index (χ3n) is 4.65. The fourth-order valence-electron chi connectivity index (χ4n) is 2.93. The van der Waals surface area contributed by atoms with Gasteiger partial charge in [-0.3, -0.25) is 9.52 Å². The maximum Gasteiger partial charge on any atom is 0.422 e. The Morgan fingerprint density at radius 3 is 2.36 bits per heavy atom. The normalized spacial score (nSPS) is 11.7. The number of amides is 1. The van der Waals surface area contributed by atoms with E-state index in [0.717, 1.165) is 5.56 Å². The van der Waals surface area contributed by atoms with Crippen LogP contribution in [-0.2, 0) is 10.0 Å². The fraction of sp³-hybridized carbons (Fsp3) is 0.174. The van der Waals surface area contributed by atoms with Crippen LogP contribution in [0, 0.1) is 13.8 Å². The molecule has 0 aromatic heterocycles. The highest BCUT2D eigenvalue weighted by molar-refractivity contribution is 7.92. The van der Waals surface area contributed by atoms with Crippen molar-refractivity contribution in [3.63, 3.8) is 0 Å². The lowest BCUT2D eigenvalue weighted by atomic mass is 10.1. The number of nitrogens with one attached hydrogen (secondary N) is 2. The highest BCUT2D eigenvalue weighted by Gasteiger charge is 2.28. The van der Waals surface area contributed by atoms with Crippen molar-refractivity contribution >= 4 is 27.3 Å². The molecule has 3 aromatic carbocycles. The van der Waals surface area contributed by atoms with Gasteiger partial charge in [-0.15, -0.1) is 0 Å². The minimum absolute atomic E-state index is 0.0689. The van der Waals surface area contributed by atoms with Gasteiger partial charge in [0, 0.05) is 17.3 Å². The van der Waals surface area contributed by atoms with E-state index in [9.17, 15) is 26.4 Å². The smallest absolute Gasteiger partial charge is 0.422 e. The molecule has 10 heteroatoms. The zero-order valence-electron chi connectivity index (χ0n) is 17.7. The van der Waals surface area contributed by atoms with E-state index in [1.165, 1.54) is 42.5 Å². The predicted molar refractivity (Wildman–Crippen MR) is 119 cm³/mol. The number of benzene rings is 3.